The van der Waals surface area contributed by atoms with E-state index in [-0.39, 0.29) is 36.7 Å². The minimum atomic E-state index is -0.191. The molecule has 7 nitrogen and oxygen atoms in total. The minimum Gasteiger partial charge on any atom is -0.376 e. The number of thiophene rings is 1. The van der Waals surface area contributed by atoms with Gasteiger partial charge in [-0.2, -0.15) is 0 Å². The van der Waals surface area contributed by atoms with Crippen LogP contribution in [0.15, 0.2) is 41.8 Å². The largest absolute Gasteiger partial charge is 0.376 e. The number of nitrogens with zero attached hydrogens (tertiary/aromatic N) is 2. The molecule has 2 fully saturated rings. The normalized spacial score (nSPS) is 19.3. The van der Waals surface area contributed by atoms with Crippen molar-refractivity contribution in [2.45, 2.75) is 38.3 Å². The van der Waals surface area contributed by atoms with E-state index in [2.05, 4.69) is 5.43 Å². The average Bonchev–Trinajstić information content (AvgIpc) is 3.43. The molecule has 1 N–H and O–H groups in total. The lowest BCUT2D eigenvalue weighted by Crippen LogP contribution is -2.50. The van der Waals surface area contributed by atoms with Gasteiger partial charge in [0.05, 0.1) is 18.3 Å². The van der Waals surface area contributed by atoms with Gasteiger partial charge in [-0.3, -0.25) is 19.8 Å². The number of benzene rings is 1. The molecule has 29 heavy (non-hydrogen) atoms. The van der Waals surface area contributed by atoms with Crippen molar-refractivity contribution in [3.63, 3.8) is 0 Å². The van der Waals surface area contributed by atoms with Crippen molar-refractivity contribution in [3.05, 3.63) is 52.2 Å². The molecule has 0 spiro atoms. The Kier molecular flexibility index (Phi) is 5.92. The van der Waals surface area contributed by atoms with Crippen molar-refractivity contribution < 1.29 is 19.1 Å². The van der Waals surface area contributed by atoms with Crippen LogP contribution in [0.5, 0.6) is 0 Å². The summed E-state index contributed by atoms with van der Waals surface area (Å²) in [7, 11) is 0. The van der Waals surface area contributed by atoms with Crippen molar-refractivity contribution >= 4 is 34.7 Å². The maximum Gasteiger partial charge on any atom is 0.254 e. The summed E-state index contributed by atoms with van der Waals surface area (Å²) in [4.78, 5) is 39.8. The van der Waals surface area contributed by atoms with Gasteiger partial charge in [-0.05, 0) is 48.6 Å². The van der Waals surface area contributed by atoms with Crippen LogP contribution in [0.3, 0.4) is 0 Å². The highest BCUT2D eigenvalue weighted by molar-refractivity contribution is 7.09. The highest BCUT2D eigenvalue weighted by Gasteiger charge is 2.26. The zero-order valence-corrected chi connectivity index (χ0v) is 16.8. The van der Waals surface area contributed by atoms with Crippen LogP contribution in [0.2, 0.25) is 0 Å². The van der Waals surface area contributed by atoms with Gasteiger partial charge in [0.15, 0.2) is 0 Å². The molecule has 0 radical (unpaired) electrons. The second-order valence-electron chi connectivity index (χ2n) is 7.21. The third-order valence-electron chi connectivity index (χ3n) is 5.09. The molecule has 2 aliphatic rings. The highest BCUT2D eigenvalue weighted by Crippen LogP contribution is 2.22. The molecule has 2 saturated heterocycles. The Morgan fingerprint density at radius 1 is 1.21 bits per heavy atom. The molecule has 8 heteroatoms. The minimum absolute atomic E-state index is 0.0689. The molecular weight excluding hydrogens is 390 g/mol. The Balaban J connectivity index is 1.50. The highest BCUT2D eigenvalue weighted by atomic mass is 32.1. The molecule has 0 aliphatic carbocycles. The van der Waals surface area contributed by atoms with Crippen LogP contribution in [0.25, 0.3) is 0 Å². The van der Waals surface area contributed by atoms with Crippen molar-refractivity contribution in [1.82, 2.24) is 10.3 Å². The van der Waals surface area contributed by atoms with Crippen LogP contribution in [0, 0.1) is 0 Å². The maximum atomic E-state index is 13.2. The molecule has 3 heterocycles. The molecule has 3 amide bonds. The number of anilines is 1. The Bertz CT molecular complexity index is 876. The lowest BCUT2D eigenvalue weighted by atomic mass is 10.1. The van der Waals surface area contributed by atoms with Gasteiger partial charge in [0.25, 0.3) is 5.91 Å². The number of nitrogens with one attached hydrogen (secondary N) is 1. The second-order valence-corrected chi connectivity index (χ2v) is 8.24. The smallest absolute Gasteiger partial charge is 0.254 e. The summed E-state index contributed by atoms with van der Waals surface area (Å²) in [5, 5.41) is 3.25. The third kappa shape index (κ3) is 4.65. The zero-order chi connectivity index (χ0) is 20.2. The first-order valence-electron chi connectivity index (χ1n) is 9.76. The van der Waals surface area contributed by atoms with E-state index in [0.717, 1.165) is 24.3 Å². The van der Waals surface area contributed by atoms with Crippen LogP contribution in [0.1, 0.15) is 40.9 Å². The van der Waals surface area contributed by atoms with Gasteiger partial charge < -0.3 is 9.64 Å². The van der Waals surface area contributed by atoms with Crippen LogP contribution in [-0.2, 0) is 20.9 Å². The summed E-state index contributed by atoms with van der Waals surface area (Å²) < 4.78 is 5.73. The third-order valence-corrected chi connectivity index (χ3v) is 5.95. The van der Waals surface area contributed by atoms with Crippen LogP contribution < -0.4 is 10.4 Å². The molecule has 2 aromatic rings. The molecule has 0 bridgehead atoms. The first-order chi connectivity index (χ1) is 14.1. The fourth-order valence-corrected chi connectivity index (χ4v) is 4.28. The van der Waals surface area contributed by atoms with Crippen molar-refractivity contribution in [2.75, 3.05) is 18.2 Å². The SMILES string of the molecule is O=C1CCC(=O)N(c2ccc(C(=O)N(Cc3cccs3)CC3CCCO3)cc2)N1. The summed E-state index contributed by atoms with van der Waals surface area (Å²) in [6.07, 6.45) is 2.44. The number of hydrazine groups is 1. The molecule has 2 aliphatic heterocycles. The van der Waals surface area contributed by atoms with Gasteiger partial charge in [0.2, 0.25) is 11.8 Å². The van der Waals surface area contributed by atoms with Crippen LogP contribution in [-0.4, -0.2) is 41.9 Å². The molecule has 1 aromatic heterocycles. The lowest BCUT2D eigenvalue weighted by Gasteiger charge is -2.28. The summed E-state index contributed by atoms with van der Waals surface area (Å²) in [5.74, 6) is -0.431. The van der Waals surface area contributed by atoms with E-state index in [1.54, 1.807) is 35.6 Å². The second kappa shape index (κ2) is 8.75. The Labute approximate surface area is 173 Å². The van der Waals surface area contributed by atoms with Crippen LogP contribution >= 0.6 is 11.3 Å². The van der Waals surface area contributed by atoms with E-state index in [4.69, 9.17) is 4.74 Å². The number of carbonyl (C=O) groups excluding carboxylic acids is 3. The van der Waals surface area contributed by atoms with Gasteiger partial charge in [-0.25, -0.2) is 5.01 Å². The van der Waals surface area contributed by atoms with Gasteiger partial charge in [-0.1, -0.05) is 6.07 Å². The predicted octanol–water partition coefficient (Wildman–Crippen LogP) is 2.73. The first-order valence-corrected chi connectivity index (χ1v) is 10.6. The van der Waals surface area contributed by atoms with E-state index in [1.165, 1.54) is 5.01 Å². The number of hydrogen-bond donors (Lipinski definition) is 1. The van der Waals surface area contributed by atoms with Gasteiger partial charge in [0, 0.05) is 36.4 Å². The van der Waals surface area contributed by atoms with E-state index in [9.17, 15) is 14.4 Å². The molecule has 0 saturated carbocycles. The molecule has 4 rings (SSSR count). The predicted molar refractivity (Wildman–Crippen MR) is 109 cm³/mol. The Hall–Kier alpha value is -2.71. The van der Waals surface area contributed by atoms with E-state index >= 15 is 0 Å². The number of carbonyl (C=O) groups is 3. The van der Waals surface area contributed by atoms with Gasteiger partial charge in [-0.15, -0.1) is 11.3 Å². The quantitative estimate of drug-likeness (QED) is 0.790. The zero-order valence-electron chi connectivity index (χ0n) is 16.0. The maximum absolute atomic E-state index is 13.2. The van der Waals surface area contributed by atoms with Crippen LogP contribution in [0.4, 0.5) is 5.69 Å². The monoisotopic (exact) mass is 413 g/mol. The number of hydrogen-bond acceptors (Lipinski definition) is 5. The molecular formula is C21H23N3O4S. The summed E-state index contributed by atoms with van der Waals surface area (Å²) >= 11 is 1.62. The van der Waals surface area contributed by atoms with Crippen molar-refractivity contribution in [3.8, 4) is 0 Å². The first kappa shape index (κ1) is 19.6. The molecule has 152 valence electrons. The van der Waals surface area contributed by atoms with Gasteiger partial charge >= 0.3 is 0 Å². The average molecular weight is 413 g/mol. The number of rotatable bonds is 6. The summed E-state index contributed by atoms with van der Waals surface area (Å²) in [6, 6.07) is 10.8. The number of ether oxygens (including phenoxy) is 1. The summed E-state index contributed by atoms with van der Waals surface area (Å²) in [6.45, 7) is 1.84. The Morgan fingerprint density at radius 2 is 2.03 bits per heavy atom. The van der Waals surface area contributed by atoms with Crippen molar-refractivity contribution in [1.29, 1.82) is 0 Å². The van der Waals surface area contributed by atoms with Crippen molar-refractivity contribution in [2.24, 2.45) is 0 Å². The lowest BCUT2D eigenvalue weighted by molar-refractivity contribution is -0.130. The van der Waals surface area contributed by atoms with Gasteiger partial charge in [0.1, 0.15) is 0 Å². The molecule has 1 atom stereocenters. The topological polar surface area (TPSA) is 79.0 Å². The summed E-state index contributed by atoms with van der Waals surface area (Å²) in [5.41, 5.74) is 3.65. The Morgan fingerprint density at radius 3 is 2.72 bits per heavy atom. The molecule has 1 unspecified atom stereocenters. The van der Waals surface area contributed by atoms with E-state index in [0.29, 0.717) is 24.3 Å². The molecule has 1 aromatic carbocycles. The van der Waals surface area contributed by atoms with E-state index in [1.807, 2.05) is 22.4 Å². The fraction of sp³-hybridized carbons (Fsp3) is 0.381. The standard InChI is InChI=1S/C21H23N3O4S/c25-19-9-10-20(26)24(22-19)16-7-5-15(6-8-16)21(27)23(13-17-3-1-11-28-17)14-18-4-2-12-29-18/h2,4-8,12,17H,1,3,9-11,13-14H2,(H,22,25). The van der Waals surface area contributed by atoms with E-state index < -0.39 is 0 Å². The fourth-order valence-electron chi connectivity index (χ4n) is 3.56. The number of amides is 3.